The van der Waals surface area contributed by atoms with Crippen LogP contribution in [0, 0.1) is 0 Å². The number of aliphatic hydroxyl groups excluding tert-OH is 1. The Labute approximate surface area is 116 Å². The van der Waals surface area contributed by atoms with Gasteiger partial charge in [0.05, 0.1) is 28.4 Å². The SMILES string of the molecule is CC[C@H](CO)NC(=S)Nc1c(Cl)cccc1Cl. The van der Waals surface area contributed by atoms with Crippen molar-refractivity contribution in [1.82, 2.24) is 5.32 Å². The van der Waals surface area contributed by atoms with Crippen molar-refractivity contribution < 1.29 is 5.11 Å². The highest BCUT2D eigenvalue weighted by molar-refractivity contribution is 7.80. The summed E-state index contributed by atoms with van der Waals surface area (Å²) >= 11 is 17.1. The molecule has 0 spiro atoms. The van der Waals surface area contributed by atoms with E-state index in [9.17, 15) is 0 Å². The van der Waals surface area contributed by atoms with E-state index < -0.39 is 0 Å². The summed E-state index contributed by atoms with van der Waals surface area (Å²) in [5.74, 6) is 0. The Morgan fingerprint density at radius 3 is 2.47 bits per heavy atom. The van der Waals surface area contributed by atoms with Gasteiger partial charge in [-0.1, -0.05) is 36.2 Å². The third-order valence-electron chi connectivity index (χ3n) is 2.25. The summed E-state index contributed by atoms with van der Waals surface area (Å²) in [5.41, 5.74) is 0.570. The lowest BCUT2D eigenvalue weighted by Crippen LogP contribution is -2.39. The molecule has 0 bridgehead atoms. The Morgan fingerprint density at radius 2 is 2.00 bits per heavy atom. The molecule has 6 heteroatoms. The van der Waals surface area contributed by atoms with Crippen molar-refractivity contribution >= 4 is 46.2 Å². The van der Waals surface area contributed by atoms with E-state index in [2.05, 4.69) is 10.6 Å². The normalized spacial score (nSPS) is 12.0. The first-order valence-electron chi connectivity index (χ1n) is 5.20. The van der Waals surface area contributed by atoms with Crippen LogP contribution in [0.15, 0.2) is 18.2 Å². The molecule has 0 amide bonds. The quantitative estimate of drug-likeness (QED) is 0.747. The molecule has 0 fully saturated rings. The van der Waals surface area contributed by atoms with Crippen LogP contribution in [0.2, 0.25) is 10.0 Å². The number of hydrogen-bond acceptors (Lipinski definition) is 2. The van der Waals surface area contributed by atoms with Gasteiger partial charge in [0.15, 0.2) is 5.11 Å². The van der Waals surface area contributed by atoms with Gasteiger partial charge < -0.3 is 15.7 Å². The standard InChI is InChI=1S/C11H14Cl2N2OS/c1-2-7(6-16)14-11(17)15-10-8(12)4-3-5-9(10)13/h3-5,7,16H,2,6H2,1H3,(H2,14,15,17)/t7-/m1/s1. The second kappa shape index (κ2) is 7.01. The van der Waals surface area contributed by atoms with Gasteiger partial charge in [-0.3, -0.25) is 0 Å². The van der Waals surface area contributed by atoms with Crippen LogP contribution in [-0.4, -0.2) is 22.9 Å². The Bertz CT molecular complexity index is 377. The lowest BCUT2D eigenvalue weighted by molar-refractivity contribution is 0.253. The van der Waals surface area contributed by atoms with Gasteiger partial charge >= 0.3 is 0 Å². The van der Waals surface area contributed by atoms with Crippen LogP contribution in [0.5, 0.6) is 0 Å². The second-order valence-electron chi connectivity index (χ2n) is 3.48. The van der Waals surface area contributed by atoms with Gasteiger partial charge in [-0.2, -0.15) is 0 Å². The van der Waals surface area contributed by atoms with Gasteiger partial charge in [-0.05, 0) is 30.8 Å². The Morgan fingerprint density at radius 1 is 1.41 bits per heavy atom. The fourth-order valence-corrected chi connectivity index (χ4v) is 1.99. The molecule has 0 aliphatic carbocycles. The molecule has 1 atom stereocenters. The zero-order valence-electron chi connectivity index (χ0n) is 9.34. The third kappa shape index (κ3) is 4.32. The first-order chi connectivity index (χ1) is 8.08. The summed E-state index contributed by atoms with van der Waals surface area (Å²) < 4.78 is 0. The molecule has 1 rings (SSSR count). The summed E-state index contributed by atoms with van der Waals surface area (Å²) in [6.45, 7) is 1.98. The molecule has 94 valence electrons. The van der Waals surface area contributed by atoms with Crippen molar-refractivity contribution in [2.75, 3.05) is 11.9 Å². The average Bonchev–Trinajstić information content (AvgIpc) is 2.31. The van der Waals surface area contributed by atoms with Crippen molar-refractivity contribution in [3.05, 3.63) is 28.2 Å². The Kier molecular flexibility index (Phi) is 5.98. The Hall–Kier alpha value is -0.550. The average molecular weight is 293 g/mol. The lowest BCUT2D eigenvalue weighted by Gasteiger charge is -2.18. The summed E-state index contributed by atoms with van der Waals surface area (Å²) in [6, 6.07) is 5.13. The molecule has 1 aromatic carbocycles. The molecule has 0 saturated carbocycles. The number of para-hydroxylation sites is 1. The van der Waals surface area contributed by atoms with Crippen molar-refractivity contribution in [3.8, 4) is 0 Å². The molecular formula is C11H14Cl2N2OS. The molecular weight excluding hydrogens is 279 g/mol. The van der Waals surface area contributed by atoms with Crippen LogP contribution in [0.3, 0.4) is 0 Å². The number of rotatable bonds is 4. The number of benzene rings is 1. The van der Waals surface area contributed by atoms with Gasteiger partial charge in [0.1, 0.15) is 0 Å². The largest absolute Gasteiger partial charge is 0.394 e. The minimum absolute atomic E-state index is 0.0224. The molecule has 17 heavy (non-hydrogen) atoms. The molecule has 0 aromatic heterocycles. The predicted octanol–water partition coefficient (Wildman–Crippen LogP) is 3.05. The topological polar surface area (TPSA) is 44.3 Å². The van der Waals surface area contributed by atoms with Gasteiger partial charge in [0, 0.05) is 0 Å². The first-order valence-corrected chi connectivity index (χ1v) is 6.37. The minimum Gasteiger partial charge on any atom is -0.394 e. The van der Waals surface area contributed by atoms with E-state index >= 15 is 0 Å². The van der Waals surface area contributed by atoms with E-state index in [1.54, 1.807) is 18.2 Å². The van der Waals surface area contributed by atoms with Gasteiger partial charge in [-0.15, -0.1) is 0 Å². The molecule has 1 aromatic rings. The van der Waals surface area contributed by atoms with Gasteiger partial charge in [-0.25, -0.2) is 0 Å². The highest BCUT2D eigenvalue weighted by Crippen LogP contribution is 2.29. The van der Waals surface area contributed by atoms with Gasteiger partial charge in [0.2, 0.25) is 0 Å². The fraction of sp³-hybridized carbons (Fsp3) is 0.364. The summed E-state index contributed by atoms with van der Waals surface area (Å²) in [4.78, 5) is 0. The fourth-order valence-electron chi connectivity index (χ4n) is 1.23. The minimum atomic E-state index is -0.0729. The van der Waals surface area contributed by atoms with Crippen LogP contribution in [0.25, 0.3) is 0 Å². The first kappa shape index (κ1) is 14.5. The summed E-state index contributed by atoms with van der Waals surface area (Å²) in [5, 5.41) is 16.3. The van der Waals surface area contributed by atoms with Crippen LogP contribution in [-0.2, 0) is 0 Å². The van der Waals surface area contributed by atoms with E-state index in [4.69, 9.17) is 40.5 Å². The van der Waals surface area contributed by atoms with E-state index in [1.165, 1.54) is 0 Å². The predicted molar refractivity (Wildman–Crippen MR) is 77.0 cm³/mol. The number of anilines is 1. The smallest absolute Gasteiger partial charge is 0.171 e. The zero-order valence-corrected chi connectivity index (χ0v) is 11.7. The van der Waals surface area contributed by atoms with Crippen LogP contribution >= 0.6 is 35.4 Å². The highest BCUT2D eigenvalue weighted by atomic mass is 35.5. The molecule has 3 N–H and O–H groups in total. The zero-order chi connectivity index (χ0) is 12.8. The van der Waals surface area contributed by atoms with Crippen molar-refractivity contribution in [2.45, 2.75) is 19.4 Å². The number of hydrogen-bond donors (Lipinski definition) is 3. The van der Waals surface area contributed by atoms with Crippen LogP contribution in [0.1, 0.15) is 13.3 Å². The molecule has 0 saturated heterocycles. The van der Waals surface area contributed by atoms with E-state index in [1.807, 2.05) is 6.92 Å². The molecule has 0 radical (unpaired) electrons. The van der Waals surface area contributed by atoms with Crippen molar-refractivity contribution in [2.24, 2.45) is 0 Å². The summed E-state index contributed by atoms with van der Waals surface area (Å²) in [6.07, 6.45) is 0.772. The van der Waals surface area contributed by atoms with Crippen LogP contribution in [0.4, 0.5) is 5.69 Å². The maximum Gasteiger partial charge on any atom is 0.171 e. The third-order valence-corrected chi connectivity index (χ3v) is 3.10. The van der Waals surface area contributed by atoms with Crippen molar-refractivity contribution in [3.63, 3.8) is 0 Å². The monoisotopic (exact) mass is 292 g/mol. The van der Waals surface area contributed by atoms with Crippen LogP contribution < -0.4 is 10.6 Å². The number of aliphatic hydroxyl groups is 1. The van der Waals surface area contributed by atoms with Crippen molar-refractivity contribution in [1.29, 1.82) is 0 Å². The molecule has 0 heterocycles. The van der Waals surface area contributed by atoms with E-state index in [0.29, 0.717) is 20.8 Å². The van der Waals surface area contributed by atoms with E-state index in [0.717, 1.165) is 6.42 Å². The van der Waals surface area contributed by atoms with E-state index in [-0.39, 0.29) is 12.6 Å². The Balaban J connectivity index is 2.68. The maximum atomic E-state index is 9.05. The van der Waals surface area contributed by atoms with Gasteiger partial charge in [0.25, 0.3) is 0 Å². The molecule has 3 nitrogen and oxygen atoms in total. The summed E-state index contributed by atoms with van der Waals surface area (Å²) in [7, 11) is 0. The molecule has 0 aliphatic heterocycles. The number of halogens is 2. The highest BCUT2D eigenvalue weighted by Gasteiger charge is 2.10. The second-order valence-corrected chi connectivity index (χ2v) is 4.71. The molecule has 0 aliphatic rings. The lowest BCUT2D eigenvalue weighted by atomic mass is 10.2. The number of thiocarbonyl (C=S) groups is 1. The maximum absolute atomic E-state index is 9.05. The molecule has 0 unspecified atom stereocenters. The number of nitrogens with one attached hydrogen (secondary N) is 2.